The molecule has 0 spiro atoms. The highest BCUT2D eigenvalue weighted by atomic mass is 16.5. The smallest absolute Gasteiger partial charge is 0.221 e. The number of likely N-dealkylation sites (tertiary alicyclic amines) is 1. The molecule has 1 fully saturated rings. The van der Waals surface area contributed by atoms with E-state index in [9.17, 15) is 4.79 Å². The fourth-order valence-electron chi connectivity index (χ4n) is 3.03. The standard InChI is InChI=1S/C20H33N5O2/c1-3-21-20(22-10-14-25-12-5-4-6-13-25)23-11-15-27-19-9-7-8-18(16-19)24-17(2)26/h7-9,16H,3-6,10-15H2,1-2H3,(H,24,26)(H2,21,22,23). The fraction of sp³-hybridized carbons (Fsp3) is 0.600. The van der Waals surface area contributed by atoms with Gasteiger partial charge in [0.15, 0.2) is 5.96 Å². The molecule has 1 aliphatic rings. The van der Waals surface area contributed by atoms with Crippen LogP contribution in [0.2, 0.25) is 0 Å². The van der Waals surface area contributed by atoms with E-state index in [2.05, 4.69) is 32.8 Å². The summed E-state index contributed by atoms with van der Waals surface area (Å²) in [5.41, 5.74) is 0.737. The van der Waals surface area contributed by atoms with Gasteiger partial charge < -0.3 is 25.6 Å². The largest absolute Gasteiger partial charge is 0.492 e. The average molecular weight is 376 g/mol. The molecule has 2 rings (SSSR count). The summed E-state index contributed by atoms with van der Waals surface area (Å²) >= 11 is 0. The molecule has 3 N–H and O–H groups in total. The molecule has 0 aromatic heterocycles. The van der Waals surface area contributed by atoms with Gasteiger partial charge in [0.05, 0.1) is 13.1 Å². The number of piperidine rings is 1. The van der Waals surface area contributed by atoms with Gasteiger partial charge in [-0.3, -0.25) is 9.79 Å². The number of rotatable bonds is 9. The molecule has 0 atom stereocenters. The lowest BCUT2D eigenvalue weighted by Crippen LogP contribution is -2.40. The van der Waals surface area contributed by atoms with Gasteiger partial charge in [0.2, 0.25) is 5.91 Å². The zero-order valence-corrected chi connectivity index (χ0v) is 16.6. The first-order valence-corrected chi connectivity index (χ1v) is 9.92. The number of hydrogen-bond donors (Lipinski definition) is 3. The second-order valence-electron chi connectivity index (χ2n) is 6.65. The number of carbonyl (C=O) groups excluding carboxylic acids is 1. The molecule has 1 heterocycles. The van der Waals surface area contributed by atoms with Crippen LogP contribution < -0.4 is 20.7 Å². The van der Waals surface area contributed by atoms with Gasteiger partial charge in [-0.1, -0.05) is 12.5 Å². The van der Waals surface area contributed by atoms with E-state index in [1.807, 2.05) is 24.3 Å². The lowest BCUT2D eigenvalue weighted by molar-refractivity contribution is -0.114. The second-order valence-corrected chi connectivity index (χ2v) is 6.65. The molecule has 27 heavy (non-hydrogen) atoms. The van der Waals surface area contributed by atoms with Gasteiger partial charge >= 0.3 is 0 Å². The van der Waals surface area contributed by atoms with Crippen molar-refractivity contribution < 1.29 is 9.53 Å². The van der Waals surface area contributed by atoms with Gasteiger partial charge in [0.25, 0.3) is 0 Å². The molecule has 0 bridgehead atoms. The van der Waals surface area contributed by atoms with E-state index >= 15 is 0 Å². The van der Waals surface area contributed by atoms with E-state index in [1.165, 1.54) is 39.3 Å². The molecule has 7 nitrogen and oxygen atoms in total. The molecule has 0 radical (unpaired) electrons. The number of nitrogens with zero attached hydrogens (tertiary/aromatic N) is 2. The number of aliphatic imine (C=N–C) groups is 1. The van der Waals surface area contributed by atoms with Gasteiger partial charge in [0.1, 0.15) is 12.4 Å². The van der Waals surface area contributed by atoms with E-state index in [4.69, 9.17) is 4.74 Å². The Bertz CT molecular complexity index is 600. The van der Waals surface area contributed by atoms with E-state index in [-0.39, 0.29) is 5.91 Å². The Kier molecular flexibility index (Phi) is 9.48. The van der Waals surface area contributed by atoms with Crippen LogP contribution in [-0.2, 0) is 4.79 Å². The van der Waals surface area contributed by atoms with Crippen LogP contribution in [0.25, 0.3) is 0 Å². The number of guanidine groups is 1. The molecule has 1 saturated heterocycles. The van der Waals surface area contributed by atoms with Gasteiger partial charge in [-0.2, -0.15) is 0 Å². The minimum absolute atomic E-state index is 0.0927. The predicted octanol–water partition coefficient (Wildman–Crippen LogP) is 2.06. The lowest BCUT2D eigenvalue weighted by atomic mass is 10.1. The van der Waals surface area contributed by atoms with Crippen LogP contribution in [0, 0.1) is 0 Å². The molecule has 1 aliphatic heterocycles. The minimum Gasteiger partial charge on any atom is -0.492 e. The molecule has 0 saturated carbocycles. The zero-order valence-electron chi connectivity index (χ0n) is 16.6. The molecular formula is C20H33N5O2. The molecule has 150 valence electrons. The van der Waals surface area contributed by atoms with Crippen molar-refractivity contribution in [2.45, 2.75) is 33.1 Å². The van der Waals surface area contributed by atoms with Crippen LogP contribution in [0.5, 0.6) is 5.75 Å². The maximum Gasteiger partial charge on any atom is 0.221 e. The Hall–Kier alpha value is -2.28. The maximum atomic E-state index is 11.1. The van der Waals surface area contributed by atoms with Crippen LogP contribution in [-0.4, -0.2) is 62.6 Å². The number of carbonyl (C=O) groups is 1. The molecule has 0 aliphatic carbocycles. The van der Waals surface area contributed by atoms with E-state index in [0.29, 0.717) is 13.2 Å². The Balaban J connectivity index is 1.70. The molecular weight excluding hydrogens is 342 g/mol. The highest BCUT2D eigenvalue weighted by Crippen LogP contribution is 2.17. The number of nitrogens with one attached hydrogen (secondary N) is 3. The topological polar surface area (TPSA) is 78.0 Å². The average Bonchev–Trinajstić information content (AvgIpc) is 2.66. The van der Waals surface area contributed by atoms with E-state index < -0.39 is 0 Å². The van der Waals surface area contributed by atoms with Crippen molar-refractivity contribution in [3.63, 3.8) is 0 Å². The third kappa shape index (κ3) is 8.77. The third-order valence-corrected chi connectivity index (χ3v) is 4.30. The van der Waals surface area contributed by atoms with Crippen molar-refractivity contribution in [3.8, 4) is 5.75 Å². The normalized spacial score (nSPS) is 15.3. The highest BCUT2D eigenvalue weighted by molar-refractivity contribution is 5.88. The Labute approximate surface area is 162 Å². The molecule has 1 aromatic carbocycles. The Morgan fingerprint density at radius 1 is 1.22 bits per heavy atom. The first kappa shape index (κ1) is 21.0. The van der Waals surface area contributed by atoms with Gasteiger partial charge in [-0.25, -0.2) is 0 Å². The summed E-state index contributed by atoms with van der Waals surface area (Å²) in [6.07, 6.45) is 3.97. The van der Waals surface area contributed by atoms with Gasteiger partial charge in [-0.05, 0) is 45.0 Å². The quantitative estimate of drug-likeness (QED) is 0.350. The summed E-state index contributed by atoms with van der Waals surface area (Å²) < 4.78 is 5.75. The number of anilines is 1. The number of hydrogen-bond acceptors (Lipinski definition) is 4. The third-order valence-electron chi connectivity index (χ3n) is 4.30. The molecule has 7 heteroatoms. The van der Waals surface area contributed by atoms with Crippen molar-refractivity contribution in [3.05, 3.63) is 24.3 Å². The summed E-state index contributed by atoms with van der Waals surface area (Å²) in [6, 6.07) is 7.40. The molecule has 0 unspecified atom stereocenters. The van der Waals surface area contributed by atoms with Crippen LogP contribution in [0.3, 0.4) is 0 Å². The van der Waals surface area contributed by atoms with Crippen molar-refractivity contribution in [1.29, 1.82) is 0 Å². The Morgan fingerprint density at radius 2 is 2.04 bits per heavy atom. The van der Waals surface area contributed by atoms with Crippen molar-refractivity contribution in [2.75, 3.05) is 51.2 Å². The van der Waals surface area contributed by atoms with Gasteiger partial charge in [0, 0.05) is 31.8 Å². The first-order valence-electron chi connectivity index (χ1n) is 9.92. The fourth-order valence-corrected chi connectivity index (χ4v) is 3.03. The summed E-state index contributed by atoms with van der Waals surface area (Å²) in [6.45, 7) is 9.76. The molecule has 1 amide bonds. The summed E-state index contributed by atoms with van der Waals surface area (Å²) in [5, 5.41) is 9.32. The number of benzene rings is 1. The van der Waals surface area contributed by atoms with Crippen LogP contribution in [0.4, 0.5) is 5.69 Å². The van der Waals surface area contributed by atoms with E-state index in [0.717, 1.165) is 37.0 Å². The lowest BCUT2D eigenvalue weighted by Gasteiger charge is -2.25. The van der Waals surface area contributed by atoms with E-state index in [1.54, 1.807) is 0 Å². The summed E-state index contributed by atoms with van der Waals surface area (Å²) in [7, 11) is 0. The van der Waals surface area contributed by atoms with Crippen LogP contribution >= 0.6 is 0 Å². The highest BCUT2D eigenvalue weighted by Gasteiger charge is 2.09. The molecule has 1 aromatic rings. The first-order chi connectivity index (χ1) is 13.2. The van der Waals surface area contributed by atoms with Crippen LogP contribution in [0.1, 0.15) is 33.1 Å². The number of ether oxygens (including phenoxy) is 1. The minimum atomic E-state index is -0.0927. The summed E-state index contributed by atoms with van der Waals surface area (Å²) in [4.78, 5) is 18.3. The van der Waals surface area contributed by atoms with Crippen molar-refractivity contribution >= 4 is 17.6 Å². The van der Waals surface area contributed by atoms with Crippen molar-refractivity contribution in [2.24, 2.45) is 4.99 Å². The predicted molar refractivity (Wildman–Crippen MR) is 111 cm³/mol. The zero-order chi connectivity index (χ0) is 19.3. The summed E-state index contributed by atoms with van der Waals surface area (Å²) in [5.74, 6) is 1.46. The maximum absolute atomic E-state index is 11.1. The Morgan fingerprint density at radius 3 is 2.78 bits per heavy atom. The van der Waals surface area contributed by atoms with Crippen LogP contribution in [0.15, 0.2) is 29.3 Å². The monoisotopic (exact) mass is 375 g/mol. The number of amides is 1. The second kappa shape index (κ2) is 12.2. The van der Waals surface area contributed by atoms with Gasteiger partial charge in [-0.15, -0.1) is 0 Å². The van der Waals surface area contributed by atoms with Crippen molar-refractivity contribution in [1.82, 2.24) is 15.5 Å². The SMILES string of the molecule is CCNC(=NCCN1CCCCC1)NCCOc1cccc(NC(C)=O)c1.